The van der Waals surface area contributed by atoms with E-state index in [0.29, 0.717) is 13.1 Å². The molecule has 22 heavy (non-hydrogen) atoms. The molecule has 0 unspecified atom stereocenters. The zero-order chi connectivity index (χ0) is 16.5. The van der Waals surface area contributed by atoms with Crippen molar-refractivity contribution >= 4 is 23.6 Å². The van der Waals surface area contributed by atoms with Gasteiger partial charge in [0.15, 0.2) is 0 Å². The number of likely N-dealkylation sites (N-methyl/N-ethyl adjacent to an activating group) is 2. The smallest absolute Gasteiger partial charge is 0.242 e. The summed E-state index contributed by atoms with van der Waals surface area (Å²) in [6, 6.07) is 7.77. The Morgan fingerprint density at radius 3 is 2.45 bits per heavy atom. The van der Waals surface area contributed by atoms with Crippen LogP contribution in [0.4, 0.5) is 0 Å². The molecule has 1 rings (SSSR count). The van der Waals surface area contributed by atoms with E-state index in [1.54, 1.807) is 18.7 Å². The molecule has 2 N–H and O–H groups in total. The molecule has 1 atom stereocenters. The number of rotatable bonds is 8. The summed E-state index contributed by atoms with van der Waals surface area (Å²) in [5.41, 5.74) is 1.16. The zero-order valence-corrected chi connectivity index (χ0v) is 14.5. The molecule has 1 aromatic rings. The van der Waals surface area contributed by atoms with Crippen LogP contribution in [0.1, 0.15) is 19.4 Å². The summed E-state index contributed by atoms with van der Waals surface area (Å²) in [6.45, 7) is 5.04. The van der Waals surface area contributed by atoms with Crippen LogP contribution in [0, 0.1) is 0 Å². The maximum Gasteiger partial charge on any atom is 0.242 e. The molecule has 0 aliphatic heterocycles. The van der Waals surface area contributed by atoms with Gasteiger partial charge in [-0.2, -0.15) is 0 Å². The Kier molecular flexibility index (Phi) is 7.98. The van der Waals surface area contributed by atoms with Crippen molar-refractivity contribution in [2.75, 3.05) is 26.4 Å². The van der Waals surface area contributed by atoms with E-state index in [2.05, 4.69) is 34.9 Å². The van der Waals surface area contributed by atoms with Gasteiger partial charge in [0, 0.05) is 18.0 Å². The quantitative estimate of drug-likeness (QED) is 0.712. The van der Waals surface area contributed by atoms with Crippen molar-refractivity contribution in [1.82, 2.24) is 15.5 Å². The first-order chi connectivity index (χ1) is 10.5. The number of amides is 2. The van der Waals surface area contributed by atoms with E-state index in [9.17, 15) is 9.59 Å². The van der Waals surface area contributed by atoms with Gasteiger partial charge in [-0.25, -0.2) is 0 Å². The van der Waals surface area contributed by atoms with Crippen LogP contribution in [-0.4, -0.2) is 49.1 Å². The molecule has 1 aromatic carbocycles. The summed E-state index contributed by atoms with van der Waals surface area (Å²) in [4.78, 5) is 26.6. The Morgan fingerprint density at radius 1 is 1.27 bits per heavy atom. The molecular formula is C16H25N3O2S. The van der Waals surface area contributed by atoms with Gasteiger partial charge in [0.25, 0.3) is 0 Å². The highest BCUT2D eigenvalue weighted by Gasteiger charge is 2.15. The monoisotopic (exact) mass is 323 g/mol. The second-order valence-corrected chi connectivity index (χ2v) is 6.08. The first kappa shape index (κ1) is 18.5. The first-order valence-electron chi connectivity index (χ1n) is 7.34. The second-order valence-electron chi connectivity index (χ2n) is 5.20. The topological polar surface area (TPSA) is 61.4 Å². The van der Waals surface area contributed by atoms with Gasteiger partial charge in [0.05, 0.1) is 6.54 Å². The fourth-order valence-corrected chi connectivity index (χ4v) is 2.43. The molecule has 0 saturated heterocycles. The fourth-order valence-electron chi connectivity index (χ4n) is 2.02. The Balaban J connectivity index is 2.41. The van der Waals surface area contributed by atoms with Gasteiger partial charge in [-0.15, -0.1) is 11.8 Å². The average molecular weight is 323 g/mol. The van der Waals surface area contributed by atoms with E-state index in [4.69, 9.17) is 0 Å². The molecule has 0 bridgehead atoms. The van der Waals surface area contributed by atoms with E-state index in [1.807, 2.05) is 25.1 Å². The first-order valence-corrected chi connectivity index (χ1v) is 8.57. The van der Waals surface area contributed by atoms with Crippen LogP contribution in [-0.2, 0) is 16.1 Å². The Morgan fingerprint density at radius 2 is 1.91 bits per heavy atom. The number of benzene rings is 1. The van der Waals surface area contributed by atoms with Gasteiger partial charge >= 0.3 is 0 Å². The number of hydrogen-bond acceptors (Lipinski definition) is 4. The van der Waals surface area contributed by atoms with Gasteiger partial charge in [-0.05, 0) is 44.8 Å². The minimum Gasteiger partial charge on any atom is -0.355 e. The highest BCUT2D eigenvalue weighted by molar-refractivity contribution is 7.98. The third-order valence-corrected chi connectivity index (χ3v) is 3.89. The molecule has 122 valence electrons. The van der Waals surface area contributed by atoms with Gasteiger partial charge in [-0.1, -0.05) is 12.1 Å². The van der Waals surface area contributed by atoms with Crippen LogP contribution in [0.25, 0.3) is 0 Å². The SMILES string of the molecule is CCNC(=O)[C@@H](C)NC(=O)CN(C)Cc1ccc(SC)cc1. The number of carbonyl (C=O) groups excluding carboxylic acids is 2. The van der Waals surface area contributed by atoms with Gasteiger partial charge in [0.1, 0.15) is 6.04 Å². The second kappa shape index (κ2) is 9.48. The lowest BCUT2D eigenvalue weighted by atomic mass is 10.2. The normalized spacial score (nSPS) is 12.0. The predicted molar refractivity (Wildman–Crippen MR) is 90.8 cm³/mol. The summed E-state index contributed by atoms with van der Waals surface area (Å²) >= 11 is 1.70. The molecular weight excluding hydrogens is 298 g/mol. The van der Waals surface area contributed by atoms with Crippen LogP contribution < -0.4 is 10.6 Å². The molecule has 0 saturated carbocycles. The van der Waals surface area contributed by atoms with Gasteiger partial charge in [0.2, 0.25) is 11.8 Å². The van der Waals surface area contributed by atoms with Gasteiger partial charge in [-0.3, -0.25) is 14.5 Å². The molecule has 0 radical (unpaired) electrons. The van der Waals surface area contributed by atoms with Crippen molar-refractivity contribution in [1.29, 1.82) is 0 Å². The number of hydrogen-bond donors (Lipinski definition) is 2. The number of thioether (sulfide) groups is 1. The van der Waals surface area contributed by atoms with Crippen molar-refractivity contribution in [3.63, 3.8) is 0 Å². The lowest BCUT2D eigenvalue weighted by molar-refractivity contribution is -0.129. The predicted octanol–water partition coefficient (Wildman–Crippen LogP) is 1.48. The standard InChI is InChI=1S/C16H25N3O2S/c1-5-17-16(21)12(2)18-15(20)11-19(3)10-13-6-8-14(22-4)9-7-13/h6-9,12H,5,10-11H2,1-4H3,(H,17,21)(H,18,20)/t12-/m1/s1. The maximum atomic E-state index is 11.9. The van der Waals surface area contributed by atoms with E-state index in [0.717, 1.165) is 5.56 Å². The lowest BCUT2D eigenvalue weighted by Crippen LogP contribution is -2.47. The number of carbonyl (C=O) groups is 2. The zero-order valence-electron chi connectivity index (χ0n) is 13.7. The highest BCUT2D eigenvalue weighted by Crippen LogP contribution is 2.15. The van der Waals surface area contributed by atoms with Crippen molar-refractivity contribution < 1.29 is 9.59 Å². The number of nitrogens with zero attached hydrogens (tertiary/aromatic N) is 1. The van der Waals surface area contributed by atoms with Crippen LogP contribution in [0.2, 0.25) is 0 Å². The molecule has 0 heterocycles. The van der Waals surface area contributed by atoms with E-state index in [-0.39, 0.29) is 18.4 Å². The molecule has 0 aliphatic carbocycles. The van der Waals surface area contributed by atoms with E-state index >= 15 is 0 Å². The fraction of sp³-hybridized carbons (Fsp3) is 0.500. The van der Waals surface area contributed by atoms with Gasteiger partial charge < -0.3 is 10.6 Å². The van der Waals surface area contributed by atoms with E-state index in [1.165, 1.54) is 4.90 Å². The summed E-state index contributed by atoms with van der Waals surface area (Å²) in [6.07, 6.45) is 2.04. The van der Waals surface area contributed by atoms with E-state index < -0.39 is 6.04 Å². The minimum absolute atomic E-state index is 0.151. The molecule has 6 heteroatoms. The Bertz CT molecular complexity index is 491. The number of nitrogens with one attached hydrogen (secondary N) is 2. The summed E-state index contributed by atoms with van der Waals surface area (Å²) in [5, 5.41) is 5.39. The minimum atomic E-state index is -0.512. The van der Waals surface area contributed by atoms with Crippen LogP contribution >= 0.6 is 11.8 Å². The molecule has 2 amide bonds. The average Bonchev–Trinajstić information content (AvgIpc) is 2.47. The Labute approximate surface area is 136 Å². The van der Waals surface area contributed by atoms with Crippen molar-refractivity contribution in [2.45, 2.75) is 31.3 Å². The summed E-state index contributed by atoms with van der Waals surface area (Å²) < 4.78 is 0. The van der Waals surface area contributed by atoms with Crippen LogP contribution in [0.15, 0.2) is 29.2 Å². The van der Waals surface area contributed by atoms with Crippen LogP contribution in [0.5, 0.6) is 0 Å². The summed E-state index contributed by atoms with van der Waals surface area (Å²) in [5.74, 6) is -0.312. The van der Waals surface area contributed by atoms with Crippen LogP contribution in [0.3, 0.4) is 0 Å². The maximum absolute atomic E-state index is 11.9. The molecule has 5 nitrogen and oxygen atoms in total. The molecule has 0 spiro atoms. The third-order valence-electron chi connectivity index (χ3n) is 3.15. The highest BCUT2D eigenvalue weighted by atomic mass is 32.2. The molecule has 0 aromatic heterocycles. The molecule has 0 fully saturated rings. The van der Waals surface area contributed by atoms with Crippen molar-refractivity contribution in [2.24, 2.45) is 0 Å². The van der Waals surface area contributed by atoms with Crippen molar-refractivity contribution in [3.05, 3.63) is 29.8 Å². The largest absolute Gasteiger partial charge is 0.355 e. The third kappa shape index (κ3) is 6.49. The molecule has 0 aliphatic rings. The summed E-state index contributed by atoms with van der Waals surface area (Å²) in [7, 11) is 1.89. The Hall–Kier alpha value is -1.53. The lowest BCUT2D eigenvalue weighted by Gasteiger charge is -2.18. The van der Waals surface area contributed by atoms with Crippen molar-refractivity contribution in [3.8, 4) is 0 Å².